The third kappa shape index (κ3) is 5.01. The molecule has 24 heavy (non-hydrogen) atoms. The molecule has 2 aromatic rings. The van der Waals surface area contributed by atoms with Crippen molar-refractivity contribution in [3.05, 3.63) is 29.3 Å². The smallest absolute Gasteiger partial charge is 0.246 e. The van der Waals surface area contributed by atoms with Gasteiger partial charge in [0.25, 0.3) is 0 Å². The second kappa shape index (κ2) is 9.34. The standard InChI is InChI=1S/C16H22ClN5O2/c1-3-14(16(23)18-10-5-11-24-4-2)22-20-15(19-21-22)12-6-8-13(17)9-7-12/h6-9,14H,3-5,10-11H2,1-2H3,(H,18,23). The largest absolute Gasteiger partial charge is 0.382 e. The van der Waals surface area contributed by atoms with Gasteiger partial charge in [0, 0.05) is 30.3 Å². The van der Waals surface area contributed by atoms with Gasteiger partial charge in [0.1, 0.15) is 0 Å². The number of nitrogens with zero attached hydrogens (tertiary/aromatic N) is 4. The molecule has 0 fully saturated rings. The van der Waals surface area contributed by atoms with Crippen LogP contribution in [0.25, 0.3) is 11.4 Å². The number of carbonyl (C=O) groups excluding carboxylic acids is 1. The molecule has 1 amide bonds. The van der Waals surface area contributed by atoms with E-state index in [1.54, 1.807) is 12.1 Å². The van der Waals surface area contributed by atoms with Gasteiger partial charge in [-0.2, -0.15) is 4.80 Å². The monoisotopic (exact) mass is 351 g/mol. The third-order valence-corrected chi connectivity index (χ3v) is 3.72. The van der Waals surface area contributed by atoms with E-state index >= 15 is 0 Å². The zero-order chi connectivity index (χ0) is 17.4. The minimum Gasteiger partial charge on any atom is -0.382 e. The van der Waals surface area contributed by atoms with Gasteiger partial charge in [0.05, 0.1) is 0 Å². The summed E-state index contributed by atoms with van der Waals surface area (Å²) < 4.78 is 5.25. The molecule has 1 atom stereocenters. The highest BCUT2D eigenvalue weighted by Crippen LogP contribution is 2.18. The second-order valence-electron chi connectivity index (χ2n) is 5.21. The van der Waals surface area contributed by atoms with Gasteiger partial charge in [-0.3, -0.25) is 4.79 Å². The van der Waals surface area contributed by atoms with Crippen LogP contribution < -0.4 is 5.32 Å². The van der Waals surface area contributed by atoms with Gasteiger partial charge in [-0.05, 0) is 49.2 Å². The molecule has 0 bridgehead atoms. The molecule has 0 spiro atoms. The quantitative estimate of drug-likeness (QED) is 0.702. The molecular weight excluding hydrogens is 330 g/mol. The van der Waals surface area contributed by atoms with E-state index in [9.17, 15) is 4.79 Å². The van der Waals surface area contributed by atoms with Crippen LogP contribution in [-0.2, 0) is 9.53 Å². The van der Waals surface area contributed by atoms with Crippen LogP contribution in [0.3, 0.4) is 0 Å². The first-order valence-corrected chi connectivity index (χ1v) is 8.44. The first-order valence-electron chi connectivity index (χ1n) is 8.06. The van der Waals surface area contributed by atoms with Crippen molar-refractivity contribution in [1.82, 2.24) is 25.5 Å². The topological polar surface area (TPSA) is 81.9 Å². The Hall–Kier alpha value is -1.99. The summed E-state index contributed by atoms with van der Waals surface area (Å²) in [6, 6.07) is 6.68. The highest BCUT2D eigenvalue weighted by Gasteiger charge is 2.21. The zero-order valence-corrected chi connectivity index (χ0v) is 14.7. The minimum absolute atomic E-state index is 0.117. The number of ether oxygens (including phenoxy) is 1. The number of rotatable bonds is 9. The molecule has 1 aromatic heterocycles. The molecule has 0 saturated carbocycles. The number of benzene rings is 1. The highest BCUT2D eigenvalue weighted by atomic mass is 35.5. The van der Waals surface area contributed by atoms with Gasteiger partial charge in [0.2, 0.25) is 11.7 Å². The lowest BCUT2D eigenvalue weighted by molar-refractivity contribution is -0.125. The SMILES string of the molecule is CCOCCCNC(=O)C(CC)n1nnc(-c2ccc(Cl)cc2)n1. The zero-order valence-electron chi connectivity index (χ0n) is 13.9. The normalized spacial score (nSPS) is 12.1. The van der Waals surface area contributed by atoms with E-state index < -0.39 is 6.04 Å². The molecule has 1 aromatic carbocycles. The maximum absolute atomic E-state index is 12.3. The molecule has 8 heteroatoms. The average molecular weight is 352 g/mol. The molecule has 1 heterocycles. The van der Waals surface area contributed by atoms with E-state index in [0.29, 0.717) is 37.0 Å². The number of hydrogen-bond acceptors (Lipinski definition) is 5. The van der Waals surface area contributed by atoms with Crippen molar-refractivity contribution >= 4 is 17.5 Å². The van der Waals surface area contributed by atoms with E-state index in [1.807, 2.05) is 26.0 Å². The molecule has 1 N–H and O–H groups in total. The lowest BCUT2D eigenvalue weighted by atomic mass is 10.2. The summed E-state index contributed by atoms with van der Waals surface area (Å²) in [6.07, 6.45) is 1.35. The van der Waals surface area contributed by atoms with Crippen LogP contribution in [0, 0.1) is 0 Å². The number of halogens is 1. The Bertz CT molecular complexity index is 644. The van der Waals surface area contributed by atoms with Crippen molar-refractivity contribution in [2.24, 2.45) is 0 Å². The lowest BCUT2D eigenvalue weighted by Crippen LogP contribution is -2.34. The molecule has 0 aliphatic rings. The fourth-order valence-corrected chi connectivity index (χ4v) is 2.30. The van der Waals surface area contributed by atoms with Crippen LogP contribution in [0.5, 0.6) is 0 Å². The summed E-state index contributed by atoms with van der Waals surface area (Å²) in [5.74, 6) is 0.350. The summed E-state index contributed by atoms with van der Waals surface area (Å²) in [4.78, 5) is 13.7. The number of carbonyl (C=O) groups is 1. The summed E-state index contributed by atoms with van der Waals surface area (Å²) in [7, 11) is 0. The van der Waals surface area contributed by atoms with Crippen LogP contribution in [-0.4, -0.2) is 45.9 Å². The lowest BCUT2D eigenvalue weighted by Gasteiger charge is -2.13. The van der Waals surface area contributed by atoms with Crippen molar-refractivity contribution in [2.75, 3.05) is 19.8 Å². The molecule has 1 unspecified atom stereocenters. The predicted octanol–water partition coefficient (Wildman–Crippen LogP) is 2.49. The summed E-state index contributed by atoms with van der Waals surface area (Å²) >= 11 is 5.88. The Morgan fingerprint density at radius 2 is 2.08 bits per heavy atom. The van der Waals surface area contributed by atoms with Crippen LogP contribution in [0.1, 0.15) is 32.7 Å². The van der Waals surface area contributed by atoms with Crippen LogP contribution in [0.15, 0.2) is 24.3 Å². The average Bonchev–Trinajstić information content (AvgIpc) is 3.05. The fourth-order valence-electron chi connectivity index (χ4n) is 2.17. The Morgan fingerprint density at radius 3 is 2.75 bits per heavy atom. The Kier molecular flexibility index (Phi) is 7.14. The molecule has 0 radical (unpaired) electrons. The van der Waals surface area contributed by atoms with E-state index in [2.05, 4.69) is 20.7 Å². The maximum atomic E-state index is 12.3. The molecule has 0 saturated heterocycles. The van der Waals surface area contributed by atoms with Crippen molar-refractivity contribution < 1.29 is 9.53 Å². The molecular formula is C16H22ClN5O2. The van der Waals surface area contributed by atoms with E-state index in [1.165, 1.54) is 4.80 Å². The van der Waals surface area contributed by atoms with E-state index in [0.717, 1.165) is 12.0 Å². The molecule has 7 nitrogen and oxygen atoms in total. The summed E-state index contributed by atoms with van der Waals surface area (Å²) in [6.45, 7) is 5.74. The van der Waals surface area contributed by atoms with Crippen molar-refractivity contribution in [2.45, 2.75) is 32.7 Å². The summed E-state index contributed by atoms with van der Waals surface area (Å²) in [5, 5.41) is 15.9. The van der Waals surface area contributed by atoms with Crippen LogP contribution in [0.4, 0.5) is 0 Å². The van der Waals surface area contributed by atoms with Gasteiger partial charge in [-0.1, -0.05) is 18.5 Å². The van der Waals surface area contributed by atoms with Crippen LogP contribution >= 0.6 is 11.6 Å². The second-order valence-corrected chi connectivity index (χ2v) is 5.64. The molecule has 0 aliphatic carbocycles. The van der Waals surface area contributed by atoms with Crippen molar-refractivity contribution in [3.63, 3.8) is 0 Å². The molecule has 0 aliphatic heterocycles. The summed E-state index contributed by atoms with van der Waals surface area (Å²) in [5.41, 5.74) is 0.803. The van der Waals surface area contributed by atoms with E-state index in [-0.39, 0.29) is 5.91 Å². The number of hydrogen-bond donors (Lipinski definition) is 1. The first kappa shape index (κ1) is 18.4. The van der Waals surface area contributed by atoms with Crippen molar-refractivity contribution in [1.29, 1.82) is 0 Å². The van der Waals surface area contributed by atoms with Crippen molar-refractivity contribution in [3.8, 4) is 11.4 Å². The van der Waals surface area contributed by atoms with E-state index in [4.69, 9.17) is 16.3 Å². The fraction of sp³-hybridized carbons (Fsp3) is 0.500. The van der Waals surface area contributed by atoms with Gasteiger partial charge in [0.15, 0.2) is 6.04 Å². The van der Waals surface area contributed by atoms with Crippen LogP contribution in [0.2, 0.25) is 5.02 Å². The Balaban J connectivity index is 1.97. The number of aromatic nitrogens is 4. The number of amides is 1. The Labute approximate surface area is 146 Å². The third-order valence-electron chi connectivity index (χ3n) is 3.47. The molecule has 2 rings (SSSR count). The number of tetrazole rings is 1. The van der Waals surface area contributed by atoms with Gasteiger partial charge in [-0.15, -0.1) is 10.2 Å². The first-order chi connectivity index (χ1) is 11.7. The maximum Gasteiger partial charge on any atom is 0.246 e. The predicted molar refractivity (Wildman–Crippen MR) is 91.7 cm³/mol. The minimum atomic E-state index is -0.481. The van der Waals surface area contributed by atoms with Gasteiger partial charge < -0.3 is 10.1 Å². The highest BCUT2D eigenvalue weighted by molar-refractivity contribution is 6.30. The molecule has 130 valence electrons. The van der Waals surface area contributed by atoms with Gasteiger partial charge in [-0.25, -0.2) is 0 Å². The Morgan fingerprint density at radius 1 is 1.33 bits per heavy atom. The number of nitrogens with one attached hydrogen (secondary N) is 1. The van der Waals surface area contributed by atoms with Gasteiger partial charge >= 0.3 is 0 Å².